The van der Waals surface area contributed by atoms with E-state index in [9.17, 15) is 0 Å². The molecule has 0 aromatic heterocycles. The van der Waals surface area contributed by atoms with Crippen LogP contribution < -0.4 is 10.1 Å². The lowest BCUT2D eigenvalue weighted by molar-refractivity contribution is 0.413. The van der Waals surface area contributed by atoms with Gasteiger partial charge in [-0.3, -0.25) is 0 Å². The molecule has 2 nitrogen and oxygen atoms in total. The van der Waals surface area contributed by atoms with E-state index in [1.165, 1.54) is 12.0 Å². The van der Waals surface area contributed by atoms with E-state index in [0.717, 1.165) is 23.2 Å². The highest BCUT2D eigenvalue weighted by Crippen LogP contribution is 2.23. The van der Waals surface area contributed by atoms with Gasteiger partial charge >= 0.3 is 0 Å². The molecule has 0 aliphatic carbocycles. The summed E-state index contributed by atoms with van der Waals surface area (Å²) < 4.78 is 6.38. The minimum Gasteiger partial charge on any atom is -0.497 e. The van der Waals surface area contributed by atoms with Crippen molar-refractivity contribution >= 4 is 15.9 Å². The van der Waals surface area contributed by atoms with Crippen LogP contribution in [0.4, 0.5) is 0 Å². The van der Waals surface area contributed by atoms with Crippen molar-refractivity contribution in [3.05, 3.63) is 28.2 Å². The van der Waals surface area contributed by atoms with Crippen LogP contribution in [0.3, 0.4) is 0 Å². The Morgan fingerprint density at radius 2 is 2.19 bits per heavy atom. The molecule has 90 valence electrons. The molecule has 0 spiro atoms. The van der Waals surface area contributed by atoms with Crippen molar-refractivity contribution in [1.82, 2.24) is 5.32 Å². The van der Waals surface area contributed by atoms with Crippen LogP contribution in [-0.4, -0.2) is 19.7 Å². The Kier molecular flexibility index (Phi) is 5.85. The van der Waals surface area contributed by atoms with Gasteiger partial charge in [-0.2, -0.15) is 0 Å². The number of hydrogen-bond donors (Lipinski definition) is 1. The van der Waals surface area contributed by atoms with Gasteiger partial charge in [0.2, 0.25) is 0 Å². The number of hydrogen-bond acceptors (Lipinski definition) is 2. The van der Waals surface area contributed by atoms with Gasteiger partial charge in [0.1, 0.15) is 5.75 Å². The SMILES string of the molecule is CCCNC(C)Cc1cc(OC)ccc1Br. The molecule has 1 rings (SSSR count). The Morgan fingerprint density at radius 3 is 2.81 bits per heavy atom. The minimum absolute atomic E-state index is 0.489. The summed E-state index contributed by atoms with van der Waals surface area (Å²) in [5.74, 6) is 0.917. The third kappa shape index (κ3) is 4.14. The zero-order valence-corrected chi connectivity index (χ0v) is 11.8. The number of ether oxygens (including phenoxy) is 1. The van der Waals surface area contributed by atoms with Crippen LogP contribution in [0, 0.1) is 0 Å². The molecule has 0 saturated carbocycles. The lowest BCUT2D eigenvalue weighted by atomic mass is 10.1. The zero-order valence-electron chi connectivity index (χ0n) is 10.2. The fraction of sp³-hybridized carbons (Fsp3) is 0.538. The molecular weight excluding hydrogens is 266 g/mol. The Morgan fingerprint density at radius 1 is 1.44 bits per heavy atom. The molecule has 1 atom stereocenters. The number of halogens is 1. The summed E-state index contributed by atoms with van der Waals surface area (Å²) in [5.41, 5.74) is 1.29. The predicted molar refractivity (Wildman–Crippen MR) is 72.2 cm³/mol. The summed E-state index contributed by atoms with van der Waals surface area (Å²) in [4.78, 5) is 0. The molecular formula is C13H20BrNO. The lowest BCUT2D eigenvalue weighted by Gasteiger charge is -2.15. The first-order valence-electron chi connectivity index (χ1n) is 5.73. The molecule has 0 fully saturated rings. The second kappa shape index (κ2) is 6.92. The largest absolute Gasteiger partial charge is 0.497 e. The first-order chi connectivity index (χ1) is 7.67. The summed E-state index contributed by atoms with van der Waals surface area (Å²) in [6.07, 6.45) is 2.18. The Labute approximate surface area is 107 Å². The normalized spacial score (nSPS) is 12.5. The maximum Gasteiger partial charge on any atom is 0.119 e. The van der Waals surface area contributed by atoms with Crippen LogP contribution in [0.5, 0.6) is 5.75 Å². The average molecular weight is 286 g/mol. The van der Waals surface area contributed by atoms with Crippen molar-refractivity contribution in [1.29, 1.82) is 0 Å². The number of benzene rings is 1. The smallest absolute Gasteiger partial charge is 0.119 e. The Bertz CT molecular complexity index is 328. The van der Waals surface area contributed by atoms with Gasteiger partial charge in [-0.05, 0) is 50.1 Å². The molecule has 1 N–H and O–H groups in total. The van der Waals surface area contributed by atoms with Crippen molar-refractivity contribution in [2.45, 2.75) is 32.7 Å². The third-order valence-electron chi connectivity index (χ3n) is 2.52. The Balaban J connectivity index is 2.64. The van der Waals surface area contributed by atoms with E-state index in [4.69, 9.17) is 4.74 Å². The second-order valence-electron chi connectivity index (χ2n) is 4.02. The summed E-state index contributed by atoms with van der Waals surface area (Å²) in [6.45, 7) is 5.46. The van der Waals surface area contributed by atoms with Crippen molar-refractivity contribution in [2.75, 3.05) is 13.7 Å². The van der Waals surface area contributed by atoms with E-state index in [1.54, 1.807) is 7.11 Å². The molecule has 16 heavy (non-hydrogen) atoms. The first-order valence-corrected chi connectivity index (χ1v) is 6.52. The monoisotopic (exact) mass is 285 g/mol. The van der Waals surface area contributed by atoms with Gasteiger partial charge in [-0.1, -0.05) is 22.9 Å². The van der Waals surface area contributed by atoms with Crippen molar-refractivity contribution < 1.29 is 4.74 Å². The molecule has 0 aliphatic heterocycles. The third-order valence-corrected chi connectivity index (χ3v) is 3.30. The van der Waals surface area contributed by atoms with E-state index in [2.05, 4.69) is 41.2 Å². The zero-order chi connectivity index (χ0) is 12.0. The number of nitrogens with one attached hydrogen (secondary N) is 1. The maximum absolute atomic E-state index is 5.23. The highest BCUT2D eigenvalue weighted by molar-refractivity contribution is 9.10. The highest BCUT2D eigenvalue weighted by atomic mass is 79.9. The molecule has 0 radical (unpaired) electrons. The molecule has 0 amide bonds. The summed E-state index contributed by atoms with van der Waals surface area (Å²) in [5, 5.41) is 3.48. The lowest BCUT2D eigenvalue weighted by Crippen LogP contribution is -2.28. The van der Waals surface area contributed by atoms with Gasteiger partial charge in [0, 0.05) is 10.5 Å². The standard InChI is InChI=1S/C13H20BrNO/c1-4-7-15-10(2)8-11-9-12(16-3)5-6-13(11)14/h5-6,9-10,15H,4,7-8H2,1-3H3. The quantitative estimate of drug-likeness (QED) is 0.865. The topological polar surface area (TPSA) is 21.3 Å². The van der Waals surface area contributed by atoms with Crippen LogP contribution >= 0.6 is 15.9 Å². The van der Waals surface area contributed by atoms with Crippen LogP contribution in [-0.2, 0) is 6.42 Å². The molecule has 3 heteroatoms. The van der Waals surface area contributed by atoms with Crippen LogP contribution in [0.15, 0.2) is 22.7 Å². The predicted octanol–water partition coefficient (Wildman–Crippen LogP) is 3.39. The fourth-order valence-electron chi connectivity index (χ4n) is 1.63. The minimum atomic E-state index is 0.489. The van der Waals surface area contributed by atoms with E-state index >= 15 is 0 Å². The average Bonchev–Trinajstić information content (AvgIpc) is 2.29. The van der Waals surface area contributed by atoms with Crippen LogP contribution in [0.2, 0.25) is 0 Å². The van der Waals surface area contributed by atoms with E-state index in [1.807, 2.05) is 12.1 Å². The fourth-order valence-corrected chi connectivity index (χ4v) is 2.04. The highest BCUT2D eigenvalue weighted by Gasteiger charge is 2.07. The van der Waals surface area contributed by atoms with Crippen molar-refractivity contribution in [2.24, 2.45) is 0 Å². The van der Waals surface area contributed by atoms with Crippen LogP contribution in [0.1, 0.15) is 25.8 Å². The molecule has 1 aromatic carbocycles. The molecule has 0 bridgehead atoms. The van der Waals surface area contributed by atoms with E-state index in [0.29, 0.717) is 6.04 Å². The molecule has 0 heterocycles. The molecule has 0 saturated heterocycles. The summed E-state index contributed by atoms with van der Waals surface area (Å²) >= 11 is 3.57. The molecule has 1 aromatic rings. The van der Waals surface area contributed by atoms with E-state index in [-0.39, 0.29) is 0 Å². The van der Waals surface area contributed by atoms with Crippen LogP contribution in [0.25, 0.3) is 0 Å². The van der Waals surface area contributed by atoms with Gasteiger partial charge in [0.25, 0.3) is 0 Å². The van der Waals surface area contributed by atoms with Crippen molar-refractivity contribution in [3.8, 4) is 5.75 Å². The van der Waals surface area contributed by atoms with Gasteiger partial charge in [0.05, 0.1) is 7.11 Å². The van der Waals surface area contributed by atoms with Gasteiger partial charge in [-0.15, -0.1) is 0 Å². The van der Waals surface area contributed by atoms with E-state index < -0.39 is 0 Å². The second-order valence-corrected chi connectivity index (χ2v) is 4.87. The first kappa shape index (κ1) is 13.5. The van der Waals surface area contributed by atoms with Crippen molar-refractivity contribution in [3.63, 3.8) is 0 Å². The van der Waals surface area contributed by atoms with Gasteiger partial charge in [0.15, 0.2) is 0 Å². The summed E-state index contributed by atoms with van der Waals surface area (Å²) in [7, 11) is 1.70. The molecule has 0 aliphatic rings. The van der Waals surface area contributed by atoms with Gasteiger partial charge in [-0.25, -0.2) is 0 Å². The number of methoxy groups -OCH3 is 1. The summed E-state index contributed by atoms with van der Waals surface area (Å²) in [6, 6.07) is 6.59. The molecule has 1 unspecified atom stereocenters. The van der Waals surface area contributed by atoms with Gasteiger partial charge < -0.3 is 10.1 Å². The Hall–Kier alpha value is -0.540. The maximum atomic E-state index is 5.23. The number of rotatable bonds is 6.